The standard InChI is InChI=1S/C48H59Cl2N2P.Ru/c1-9-11-26-53(27-12-10-2)43(22-23-48(49,50)44-41-21-17-16-20-40(41)32-42(44)39-18-14-13-15-19-39)47-51(45-35(5)28-33(3)29-36(45)6)24-25-52(47)46-37(7)30-34(4)31-38(46)8;/h13-21,28-32,44H,9-12,22-27H2,1-8H3;/q;+2. The first kappa shape index (κ1) is 42.7. The van der Waals surface area contributed by atoms with E-state index in [4.69, 9.17) is 23.2 Å². The molecule has 2 nitrogen and oxygen atoms in total. The van der Waals surface area contributed by atoms with Crippen LogP contribution in [0.2, 0.25) is 0 Å². The largest absolute Gasteiger partial charge is 2.00 e. The van der Waals surface area contributed by atoms with Crippen molar-refractivity contribution in [3.8, 4) is 0 Å². The average molecular weight is 867 g/mol. The third kappa shape index (κ3) is 9.08. The Balaban J connectivity index is 0.00000561. The first-order valence-electron chi connectivity index (χ1n) is 19.9. The summed E-state index contributed by atoms with van der Waals surface area (Å²) < 4.78 is -1.00. The summed E-state index contributed by atoms with van der Waals surface area (Å²) in [7, 11) is -0.440. The molecule has 0 bridgehead atoms. The van der Waals surface area contributed by atoms with Crippen molar-refractivity contribution in [1.29, 1.82) is 0 Å². The van der Waals surface area contributed by atoms with Gasteiger partial charge in [0, 0.05) is 30.4 Å². The number of alkyl halides is 2. The van der Waals surface area contributed by atoms with E-state index in [-0.39, 0.29) is 25.4 Å². The second-order valence-corrected chi connectivity index (χ2v) is 19.6. The van der Waals surface area contributed by atoms with Crippen molar-refractivity contribution in [2.24, 2.45) is 0 Å². The predicted octanol–water partition coefficient (Wildman–Crippen LogP) is 14.4. The van der Waals surface area contributed by atoms with Gasteiger partial charge >= 0.3 is 19.5 Å². The fourth-order valence-electron chi connectivity index (χ4n) is 9.08. The molecule has 54 heavy (non-hydrogen) atoms. The number of halogens is 2. The van der Waals surface area contributed by atoms with Crippen molar-refractivity contribution in [2.75, 3.05) is 35.2 Å². The van der Waals surface area contributed by atoms with E-state index in [2.05, 4.69) is 150 Å². The Labute approximate surface area is 350 Å². The van der Waals surface area contributed by atoms with Crippen LogP contribution in [0.4, 0.5) is 11.4 Å². The molecule has 1 saturated heterocycles. The van der Waals surface area contributed by atoms with Gasteiger partial charge in [0.05, 0.1) is 0 Å². The monoisotopic (exact) mass is 866 g/mol. The van der Waals surface area contributed by atoms with Crippen molar-refractivity contribution in [3.63, 3.8) is 0 Å². The summed E-state index contributed by atoms with van der Waals surface area (Å²) >= 11 is 15.6. The summed E-state index contributed by atoms with van der Waals surface area (Å²) in [5, 5.41) is 1.58. The SMILES string of the molecule is CCCCP(CCCC)C(CCC(Cl)(Cl)C1C(c2ccccc2)=Cc2ccccc21)=C1N(c2c(C)cc(C)cc2C)CCN1c1c(C)cc(C)cc1C.[Ru+2]. The normalized spacial score (nSPS) is 15.5. The maximum absolute atomic E-state index is 7.80. The van der Waals surface area contributed by atoms with E-state index in [1.807, 2.05) is 0 Å². The van der Waals surface area contributed by atoms with Crippen molar-refractivity contribution >= 4 is 54.1 Å². The summed E-state index contributed by atoms with van der Waals surface area (Å²) in [6.07, 6.45) is 11.2. The maximum atomic E-state index is 7.80. The van der Waals surface area contributed by atoms with E-state index in [1.165, 1.54) is 111 Å². The molecule has 0 spiro atoms. The van der Waals surface area contributed by atoms with Gasteiger partial charge in [0.2, 0.25) is 0 Å². The van der Waals surface area contributed by atoms with Gasteiger partial charge in [0.1, 0.15) is 10.2 Å². The van der Waals surface area contributed by atoms with E-state index < -0.39 is 12.3 Å². The molecule has 286 valence electrons. The third-order valence-corrected chi connectivity index (χ3v) is 14.9. The van der Waals surface area contributed by atoms with Gasteiger partial charge in [0.25, 0.3) is 0 Å². The van der Waals surface area contributed by atoms with Gasteiger partial charge < -0.3 is 9.80 Å². The van der Waals surface area contributed by atoms with Crippen LogP contribution in [0.15, 0.2) is 90.0 Å². The molecule has 0 N–H and O–H groups in total. The number of hydrogen-bond donors (Lipinski definition) is 0. The Morgan fingerprint density at radius 3 is 1.69 bits per heavy atom. The predicted molar refractivity (Wildman–Crippen MR) is 237 cm³/mol. The summed E-state index contributed by atoms with van der Waals surface area (Å²) in [5.74, 6) is 1.27. The van der Waals surface area contributed by atoms with Gasteiger partial charge in [-0.15, -0.1) is 23.2 Å². The van der Waals surface area contributed by atoms with Crippen LogP contribution in [0.5, 0.6) is 0 Å². The Morgan fingerprint density at radius 2 is 1.19 bits per heavy atom. The van der Waals surface area contributed by atoms with E-state index in [0.717, 1.165) is 19.5 Å². The number of fused-ring (bicyclic) bond motifs is 1. The minimum Gasteiger partial charge on any atom is -0.325 e. The van der Waals surface area contributed by atoms with E-state index in [0.29, 0.717) is 6.42 Å². The molecule has 6 heteroatoms. The first-order chi connectivity index (χ1) is 25.4. The van der Waals surface area contributed by atoms with Gasteiger partial charge in [-0.1, -0.05) is 131 Å². The van der Waals surface area contributed by atoms with Crippen molar-refractivity contribution < 1.29 is 19.5 Å². The van der Waals surface area contributed by atoms with Crippen LogP contribution in [0.1, 0.15) is 108 Å². The Morgan fingerprint density at radius 1 is 0.704 bits per heavy atom. The smallest absolute Gasteiger partial charge is 0.325 e. The Bertz CT molecular complexity index is 1860. The molecule has 0 amide bonds. The number of unbranched alkanes of at least 4 members (excludes halogenated alkanes) is 2. The van der Waals surface area contributed by atoms with Gasteiger partial charge in [0.15, 0.2) is 0 Å². The minimum atomic E-state index is -1.00. The quantitative estimate of drug-likeness (QED) is 0.0708. The average Bonchev–Trinajstić information content (AvgIpc) is 3.71. The van der Waals surface area contributed by atoms with Crippen LogP contribution < -0.4 is 9.80 Å². The van der Waals surface area contributed by atoms with Crippen LogP contribution in [-0.4, -0.2) is 29.7 Å². The van der Waals surface area contributed by atoms with Crippen molar-refractivity contribution in [2.45, 2.75) is 104 Å². The van der Waals surface area contributed by atoms with Crippen LogP contribution >= 0.6 is 31.1 Å². The van der Waals surface area contributed by atoms with Gasteiger partial charge in [-0.2, -0.15) is 0 Å². The first-order valence-corrected chi connectivity index (χ1v) is 22.3. The van der Waals surface area contributed by atoms with Gasteiger partial charge in [-0.3, -0.25) is 0 Å². The van der Waals surface area contributed by atoms with Crippen LogP contribution in [0.3, 0.4) is 0 Å². The molecule has 6 rings (SSSR count). The topological polar surface area (TPSA) is 6.48 Å². The second-order valence-electron chi connectivity index (χ2n) is 15.6. The van der Waals surface area contributed by atoms with Crippen LogP contribution in [-0.2, 0) is 19.5 Å². The molecule has 1 atom stereocenters. The van der Waals surface area contributed by atoms with Crippen LogP contribution in [0, 0.1) is 41.5 Å². The summed E-state index contributed by atoms with van der Waals surface area (Å²) in [6.45, 7) is 20.2. The molecule has 0 radical (unpaired) electrons. The molecule has 1 aliphatic heterocycles. The van der Waals surface area contributed by atoms with E-state index >= 15 is 0 Å². The molecule has 2 aliphatic rings. The van der Waals surface area contributed by atoms with Gasteiger partial charge in [-0.05, 0) is 129 Å². The number of hydrogen-bond acceptors (Lipinski definition) is 2. The summed E-state index contributed by atoms with van der Waals surface area (Å²) in [6, 6.07) is 28.8. The molecule has 1 unspecified atom stereocenters. The molecular weight excluding hydrogens is 807 g/mol. The number of aryl methyl sites for hydroxylation is 6. The molecule has 1 aliphatic carbocycles. The molecular formula is C48H59Cl2N2PRu+2. The van der Waals surface area contributed by atoms with Gasteiger partial charge in [-0.25, -0.2) is 0 Å². The van der Waals surface area contributed by atoms with Crippen LogP contribution in [0.25, 0.3) is 11.6 Å². The minimum absolute atomic E-state index is 0. The fourth-order valence-corrected chi connectivity index (χ4v) is 12.9. The zero-order chi connectivity index (χ0) is 37.9. The van der Waals surface area contributed by atoms with Crippen molar-refractivity contribution in [1.82, 2.24) is 0 Å². The van der Waals surface area contributed by atoms with Crippen molar-refractivity contribution in [3.05, 3.63) is 140 Å². The second kappa shape index (κ2) is 18.7. The van der Waals surface area contributed by atoms with E-state index in [1.54, 1.807) is 5.31 Å². The number of allylic oxidation sites excluding steroid dienone is 2. The molecule has 0 saturated carbocycles. The zero-order valence-electron chi connectivity index (χ0n) is 33.7. The summed E-state index contributed by atoms with van der Waals surface area (Å²) in [5.41, 5.74) is 15.6. The number of nitrogens with zero attached hydrogens (tertiary/aromatic N) is 2. The molecule has 1 heterocycles. The fraction of sp³-hybridized carbons (Fsp3) is 0.417. The molecule has 4 aromatic carbocycles. The summed E-state index contributed by atoms with van der Waals surface area (Å²) in [4.78, 5) is 5.38. The van der Waals surface area contributed by atoms with E-state index in [9.17, 15) is 0 Å². The maximum Gasteiger partial charge on any atom is 2.00 e. The number of anilines is 2. The molecule has 4 aromatic rings. The molecule has 0 aromatic heterocycles. The number of benzene rings is 4. The zero-order valence-corrected chi connectivity index (χ0v) is 37.8. The molecule has 1 fully saturated rings. The third-order valence-electron chi connectivity index (χ3n) is 11.2. The Hall–Kier alpha value is -2.41. The number of rotatable bonds is 14. The Kier molecular flexibility index (Phi) is 14.8.